The van der Waals surface area contributed by atoms with Crippen LogP contribution in [-0.4, -0.2) is 46.0 Å². The summed E-state index contributed by atoms with van der Waals surface area (Å²) in [4.78, 5) is 16.8. The topological polar surface area (TPSA) is 52.2 Å². The first-order valence-electron chi connectivity index (χ1n) is 9.11. The highest BCUT2D eigenvalue weighted by atomic mass is 16.2. The zero-order valence-corrected chi connectivity index (χ0v) is 15.2. The molecule has 2 heterocycles. The molecular weight excluding hydrogens is 312 g/mol. The highest BCUT2D eigenvalue weighted by Gasteiger charge is 2.23. The van der Waals surface area contributed by atoms with E-state index < -0.39 is 0 Å². The summed E-state index contributed by atoms with van der Waals surface area (Å²) in [5.74, 6) is 0.745. The minimum Gasteiger partial charge on any atom is -0.341 e. The Morgan fingerprint density at radius 2 is 2.00 bits per heavy atom. The number of aryl methyl sites for hydroxylation is 1. The number of aromatic amines is 1. The van der Waals surface area contributed by atoms with E-state index in [-0.39, 0.29) is 5.91 Å². The monoisotopic (exact) mass is 340 g/mol. The molecule has 1 aromatic carbocycles. The molecule has 25 heavy (non-hydrogen) atoms. The lowest BCUT2D eigenvalue weighted by atomic mass is 9.92. The van der Waals surface area contributed by atoms with Gasteiger partial charge in [0.15, 0.2) is 0 Å². The van der Waals surface area contributed by atoms with Crippen LogP contribution in [-0.2, 0) is 17.9 Å². The number of carbonyl (C=O) groups excluding carboxylic acids is 1. The second kappa shape index (κ2) is 8.30. The van der Waals surface area contributed by atoms with Gasteiger partial charge in [0.25, 0.3) is 0 Å². The lowest BCUT2D eigenvalue weighted by Crippen LogP contribution is -2.36. The van der Waals surface area contributed by atoms with Gasteiger partial charge in [-0.25, -0.2) is 0 Å². The molecule has 1 aliphatic heterocycles. The first-order chi connectivity index (χ1) is 12.1. The first-order valence-corrected chi connectivity index (χ1v) is 9.11. The molecule has 0 spiro atoms. The Hall–Kier alpha value is -2.14. The second-order valence-corrected chi connectivity index (χ2v) is 7.18. The number of rotatable bonds is 6. The molecule has 5 nitrogen and oxygen atoms in total. The van der Waals surface area contributed by atoms with Gasteiger partial charge >= 0.3 is 0 Å². The fourth-order valence-electron chi connectivity index (χ4n) is 3.47. The Labute approximate surface area is 150 Å². The van der Waals surface area contributed by atoms with Crippen LogP contribution in [0.4, 0.5) is 0 Å². The number of nitrogens with zero attached hydrogens (tertiary/aromatic N) is 3. The largest absolute Gasteiger partial charge is 0.341 e. The summed E-state index contributed by atoms with van der Waals surface area (Å²) < 4.78 is 0. The van der Waals surface area contributed by atoms with E-state index in [9.17, 15) is 4.79 Å². The molecule has 1 saturated heterocycles. The van der Waals surface area contributed by atoms with Crippen molar-refractivity contribution in [2.45, 2.75) is 39.3 Å². The Bertz CT molecular complexity index is 674. The van der Waals surface area contributed by atoms with E-state index in [0.29, 0.717) is 18.9 Å². The molecule has 1 N–H and O–H groups in total. The van der Waals surface area contributed by atoms with Gasteiger partial charge in [0.05, 0.1) is 6.20 Å². The quantitative estimate of drug-likeness (QED) is 0.879. The highest BCUT2D eigenvalue weighted by molar-refractivity contribution is 5.76. The summed E-state index contributed by atoms with van der Waals surface area (Å²) in [5.41, 5.74) is 3.50. The van der Waals surface area contributed by atoms with Gasteiger partial charge in [-0.15, -0.1) is 0 Å². The lowest BCUT2D eigenvalue weighted by molar-refractivity contribution is -0.131. The highest BCUT2D eigenvalue weighted by Crippen LogP contribution is 2.23. The van der Waals surface area contributed by atoms with Gasteiger partial charge in [-0.1, -0.05) is 30.3 Å². The third-order valence-corrected chi connectivity index (χ3v) is 5.19. The molecule has 0 saturated carbocycles. The van der Waals surface area contributed by atoms with Crippen LogP contribution >= 0.6 is 0 Å². The molecule has 1 amide bonds. The number of H-pyrrole nitrogens is 1. The van der Waals surface area contributed by atoms with Crippen molar-refractivity contribution in [3.8, 4) is 0 Å². The summed E-state index contributed by atoms with van der Waals surface area (Å²) in [7, 11) is 1.89. The van der Waals surface area contributed by atoms with E-state index in [4.69, 9.17) is 0 Å². The fraction of sp³-hybridized carbons (Fsp3) is 0.500. The van der Waals surface area contributed by atoms with Gasteiger partial charge in [-0.2, -0.15) is 5.10 Å². The van der Waals surface area contributed by atoms with Crippen LogP contribution in [0, 0.1) is 12.8 Å². The summed E-state index contributed by atoms with van der Waals surface area (Å²) in [5, 5.41) is 6.95. The van der Waals surface area contributed by atoms with Gasteiger partial charge in [0.1, 0.15) is 0 Å². The Morgan fingerprint density at radius 3 is 2.64 bits per heavy atom. The van der Waals surface area contributed by atoms with E-state index in [1.54, 1.807) is 6.20 Å². The molecule has 0 aliphatic carbocycles. The maximum Gasteiger partial charge on any atom is 0.222 e. The summed E-state index contributed by atoms with van der Waals surface area (Å²) in [6.45, 7) is 5.80. The minimum absolute atomic E-state index is 0.238. The molecule has 1 aliphatic rings. The van der Waals surface area contributed by atoms with E-state index in [2.05, 4.69) is 45.4 Å². The molecule has 1 fully saturated rings. The Balaban J connectivity index is 1.42. The molecule has 134 valence electrons. The molecular formula is C20H28N4O. The smallest absolute Gasteiger partial charge is 0.222 e. The van der Waals surface area contributed by atoms with Crippen molar-refractivity contribution < 1.29 is 4.79 Å². The van der Waals surface area contributed by atoms with Crippen molar-refractivity contribution in [2.75, 3.05) is 20.1 Å². The lowest BCUT2D eigenvalue weighted by Gasteiger charge is -2.32. The molecule has 2 aromatic rings. The van der Waals surface area contributed by atoms with Crippen LogP contribution in [0.1, 0.15) is 36.1 Å². The van der Waals surface area contributed by atoms with Crippen molar-refractivity contribution in [2.24, 2.45) is 5.92 Å². The normalized spacial score (nSPS) is 16.1. The SMILES string of the molecule is Cc1[nH]ncc1CN(C)C(=O)CC1CCN(Cc2ccccc2)CC1. The van der Waals surface area contributed by atoms with E-state index >= 15 is 0 Å². The van der Waals surface area contributed by atoms with Crippen LogP contribution in [0.15, 0.2) is 36.5 Å². The zero-order chi connectivity index (χ0) is 17.6. The maximum absolute atomic E-state index is 12.5. The molecule has 0 unspecified atom stereocenters. The number of hydrogen-bond acceptors (Lipinski definition) is 3. The van der Waals surface area contributed by atoms with Crippen LogP contribution in [0.2, 0.25) is 0 Å². The zero-order valence-electron chi connectivity index (χ0n) is 15.2. The van der Waals surface area contributed by atoms with Gasteiger partial charge in [-0.3, -0.25) is 14.8 Å². The van der Waals surface area contributed by atoms with E-state index in [1.807, 2.05) is 18.9 Å². The standard InChI is InChI=1S/C20H28N4O/c1-16-19(13-21-22-16)15-23(2)20(25)12-17-8-10-24(11-9-17)14-18-6-4-3-5-7-18/h3-7,13,17H,8-12,14-15H2,1-2H3,(H,21,22). The van der Waals surface area contributed by atoms with Gasteiger partial charge in [-0.05, 0) is 44.3 Å². The fourth-order valence-corrected chi connectivity index (χ4v) is 3.47. The molecule has 3 rings (SSSR count). The van der Waals surface area contributed by atoms with Crippen LogP contribution in [0.3, 0.4) is 0 Å². The molecule has 0 atom stereocenters. The van der Waals surface area contributed by atoms with Gasteiger partial charge in [0.2, 0.25) is 5.91 Å². The van der Waals surface area contributed by atoms with Gasteiger partial charge in [0, 0.05) is 37.8 Å². The number of carbonyl (C=O) groups is 1. The molecule has 5 heteroatoms. The summed E-state index contributed by atoms with van der Waals surface area (Å²) in [6.07, 6.45) is 4.68. The van der Waals surface area contributed by atoms with Crippen molar-refractivity contribution >= 4 is 5.91 Å². The Kier molecular flexibility index (Phi) is 5.87. The third kappa shape index (κ3) is 4.92. The van der Waals surface area contributed by atoms with E-state index in [1.165, 1.54) is 5.56 Å². The average Bonchev–Trinajstić information content (AvgIpc) is 3.02. The third-order valence-electron chi connectivity index (χ3n) is 5.19. The maximum atomic E-state index is 12.5. The Morgan fingerprint density at radius 1 is 1.28 bits per heavy atom. The van der Waals surface area contributed by atoms with Crippen molar-refractivity contribution in [1.29, 1.82) is 0 Å². The van der Waals surface area contributed by atoms with Crippen molar-refractivity contribution in [1.82, 2.24) is 20.0 Å². The summed E-state index contributed by atoms with van der Waals surface area (Å²) >= 11 is 0. The number of benzene rings is 1. The molecule has 1 aromatic heterocycles. The number of amides is 1. The predicted octanol–water partition coefficient (Wildman–Crippen LogP) is 2.98. The van der Waals surface area contributed by atoms with Gasteiger partial charge < -0.3 is 4.90 Å². The van der Waals surface area contributed by atoms with Crippen LogP contribution in [0.25, 0.3) is 0 Å². The first kappa shape index (κ1) is 17.7. The van der Waals surface area contributed by atoms with Crippen LogP contribution < -0.4 is 0 Å². The van der Waals surface area contributed by atoms with E-state index in [0.717, 1.165) is 43.7 Å². The average molecular weight is 340 g/mol. The minimum atomic E-state index is 0.238. The van der Waals surface area contributed by atoms with Crippen molar-refractivity contribution in [3.63, 3.8) is 0 Å². The predicted molar refractivity (Wildman–Crippen MR) is 98.9 cm³/mol. The number of hydrogen-bond donors (Lipinski definition) is 1. The van der Waals surface area contributed by atoms with Crippen LogP contribution in [0.5, 0.6) is 0 Å². The number of likely N-dealkylation sites (tertiary alicyclic amines) is 1. The molecule has 0 radical (unpaired) electrons. The second-order valence-electron chi connectivity index (χ2n) is 7.18. The number of nitrogens with one attached hydrogen (secondary N) is 1. The molecule has 0 bridgehead atoms. The number of aromatic nitrogens is 2. The summed E-state index contributed by atoms with van der Waals surface area (Å²) in [6, 6.07) is 10.6. The van der Waals surface area contributed by atoms with Crippen molar-refractivity contribution in [3.05, 3.63) is 53.3 Å². The number of piperidine rings is 1.